The van der Waals surface area contributed by atoms with Gasteiger partial charge in [-0.05, 0) is 118 Å². The Bertz CT molecular complexity index is 836. The van der Waals surface area contributed by atoms with Crippen LogP contribution in [-0.2, 0) is 18.9 Å². The lowest BCUT2D eigenvalue weighted by Gasteiger charge is -2.55. The van der Waals surface area contributed by atoms with Gasteiger partial charge in [-0.15, -0.1) is 0 Å². The van der Waals surface area contributed by atoms with Gasteiger partial charge in [0.15, 0.2) is 0 Å². The maximum atomic E-state index is 10.9. The summed E-state index contributed by atoms with van der Waals surface area (Å²) in [5, 5.41) is 21.4. The Hall–Kier alpha value is -0.0200. The van der Waals surface area contributed by atoms with Gasteiger partial charge in [0.2, 0.25) is 0 Å². The van der Waals surface area contributed by atoms with Crippen LogP contribution >= 0.6 is 15.9 Å². The maximum Gasteiger partial charge on any atom is 0.0924 e. The lowest BCUT2D eigenvalue weighted by Crippen LogP contribution is -2.62. The zero-order valence-corrected chi connectivity index (χ0v) is 25.7. The minimum absolute atomic E-state index is 0.0189. The van der Waals surface area contributed by atoms with Crippen molar-refractivity contribution in [2.75, 3.05) is 0 Å². The van der Waals surface area contributed by atoms with Gasteiger partial charge in [0.05, 0.1) is 58.5 Å². The third-order valence-corrected chi connectivity index (χ3v) is 11.3. The SMILES string of the molecule is C=C(CC[C@H]1O[C@@H](C(C)(C)O)CC[C@]1(C)O)[C@H]1CC[C@H]2O[C@@H]([C@]3(C)CC[C@@H](Br)C(C)(C)O3)CC[C@]2(C)O1. The molecule has 4 fully saturated rings. The average Bonchev–Trinajstić information content (AvgIpc) is 2.78. The largest absolute Gasteiger partial charge is 0.388 e. The number of aliphatic hydroxyl groups is 2. The highest BCUT2D eigenvalue weighted by Gasteiger charge is 2.54. The smallest absolute Gasteiger partial charge is 0.0924 e. The van der Waals surface area contributed by atoms with Crippen LogP contribution in [0.5, 0.6) is 0 Å². The number of halogens is 1. The van der Waals surface area contributed by atoms with E-state index in [0.29, 0.717) is 24.1 Å². The van der Waals surface area contributed by atoms with E-state index in [9.17, 15) is 10.2 Å². The van der Waals surface area contributed by atoms with E-state index in [1.165, 1.54) is 0 Å². The van der Waals surface area contributed by atoms with Gasteiger partial charge in [-0.3, -0.25) is 0 Å². The summed E-state index contributed by atoms with van der Waals surface area (Å²) in [4.78, 5) is 0.357. The predicted octanol–water partition coefficient (Wildman–Crippen LogP) is 5.99. The van der Waals surface area contributed by atoms with E-state index in [1.54, 1.807) is 13.8 Å². The Morgan fingerprint density at radius 1 is 0.919 bits per heavy atom. The molecule has 2 N–H and O–H groups in total. The number of rotatable bonds is 6. The fourth-order valence-corrected chi connectivity index (χ4v) is 7.32. The van der Waals surface area contributed by atoms with Crippen LogP contribution in [0.15, 0.2) is 12.2 Å². The first-order chi connectivity index (χ1) is 17.0. The van der Waals surface area contributed by atoms with E-state index >= 15 is 0 Å². The van der Waals surface area contributed by atoms with Crippen molar-refractivity contribution in [3.8, 4) is 0 Å². The second-order valence-electron chi connectivity index (χ2n) is 14.0. The molecular weight excluding hydrogens is 536 g/mol. The third kappa shape index (κ3) is 6.34. The molecule has 4 aliphatic heterocycles. The summed E-state index contributed by atoms with van der Waals surface area (Å²) in [7, 11) is 0. The van der Waals surface area contributed by atoms with E-state index in [1.807, 2.05) is 6.92 Å². The lowest BCUT2D eigenvalue weighted by atomic mass is 9.76. The number of alkyl halides is 1. The van der Waals surface area contributed by atoms with Crippen molar-refractivity contribution < 1.29 is 29.2 Å². The molecule has 0 aromatic carbocycles. The summed E-state index contributed by atoms with van der Waals surface area (Å²) in [6.45, 7) is 18.5. The van der Waals surface area contributed by atoms with Crippen LogP contribution in [0.1, 0.15) is 113 Å². The van der Waals surface area contributed by atoms with Crippen molar-refractivity contribution in [1.29, 1.82) is 0 Å². The molecule has 37 heavy (non-hydrogen) atoms. The first-order valence-corrected chi connectivity index (χ1v) is 15.3. The molecule has 0 spiro atoms. The molecule has 4 aliphatic rings. The number of hydrogen-bond acceptors (Lipinski definition) is 6. The standard InChI is InChI=1S/C30H51BrO6/c1-19(9-11-23-28(6,33)16-14-22(34-23)26(2,3)32)20-10-12-24-29(7,36-20)18-15-25(35-24)30(8)17-13-21(31)27(4,5)37-30/h20-25,32-33H,1,9-18H2,2-8H3/t20-,21-,22-,23-,24-,25-,28+,29+,30+/m1/s1. The van der Waals surface area contributed by atoms with Gasteiger partial charge >= 0.3 is 0 Å². The van der Waals surface area contributed by atoms with Gasteiger partial charge in [-0.2, -0.15) is 0 Å². The molecular formula is C30H51BrO6. The first kappa shape index (κ1) is 30.0. The van der Waals surface area contributed by atoms with Gasteiger partial charge < -0.3 is 29.2 Å². The molecule has 0 aliphatic carbocycles. The quantitative estimate of drug-likeness (QED) is 0.294. The monoisotopic (exact) mass is 586 g/mol. The lowest BCUT2D eigenvalue weighted by molar-refractivity contribution is -0.285. The molecule has 6 nitrogen and oxygen atoms in total. The Labute approximate surface area is 233 Å². The highest BCUT2D eigenvalue weighted by molar-refractivity contribution is 9.09. The fraction of sp³-hybridized carbons (Fsp3) is 0.933. The molecule has 4 saturated heterocycles. The van der Waals surface area contributed by atoms with Crippen LogP contribution in [0.3, 0.4) is 0 Å². The summed E-state index contributed by atoms with van der Waals surface area (Å²) in [6, 6.07) is 0. The topological polar surface area (TPSA) is 77.4 Å². The number of hydrogen-bond donors (Lipinski definition) is 2. The summed E-state index contributed by atoms with van der Waals surface area (Å²) >= 11 is 3.80. The summed E-state index contributed by atoms with van der Waals surface area (Å²) in [5.41, 5.74) is -1.61. The van der Waals surface area contributed by atoms with Crippen LogP contribution in [0.25, 0.3) is 0 Å². The van der Waals surface area contributed by atoms with Gasteiger partial charge in [-0.1, -0.05) is 22.5 Å². The Kier molecular flexibility index (Phi) is 8.44. The zero-order chi connectivity index (χ0) is 27.4. The van der Waals surface area contributed by atoms with Gasteiger partial charge in [0.1, 0.15) is 0 Å². The zero-order valence-electron chi connectivity index (χ0n) is 24.1. The van der Waals surface area contributed by atoms with Crippen molar-refractivity contribution >= 4 is 15.9 Å². The second kappa shape index (κ2) is 10.4. The van der Waals surface area contributed by atoms with Gasteiger partial charge in [0, 0.05) is 4.83 Å². The van der Waals surface area contributed by atoms with Crippen LogP contribution in [-0.4, -0.2) is 73.6 Å². The summed E-state index contributed by atoms with van der Waals surface area (Å²) in [6.07, 6.45) is 7.91. The maximum absolute atomic E-state index is 10.9. The number of fused-ring (bicyclic) bond motifs is 1. The number of ether oxygens (including phenoxy) is 4. The van der Waals surface area contributed by atoms with Crippen molar-refractivity contribution in [2.24, 2.45) is 0 Å². The Balaban J connectivity index is 1.33. The molecule has 0 unspecified atom stereocenters. The fourth-order valence-electron chi connectivity index (χ4n) is 7.00. The minimum Gasteiger partial charge on any atom is -0.388 e. The summed E-state index contributed by atoms with van der Waals surface area (Å²) in [5.74, 6) is 0. The van der Waals surface area contributed by atoms with Crippen molar-refractivity contribution in [3.63, 3.8) is 0 Å². The molecule has 0 amide bonds. The van der Waals surface area contributed by atoms with Crippen molar-refractivity contribution in [1.82, 2.24) is 0 Å². The molecule has 0 radical (unpaired) electrons. The Morgan fingerprint density at radius 2 is 1.57 bits per heavy atom. The van der Waals surface area contributed by atoms with Crippen molar-refractivity contribution in [3.05, 3.63) is 12.2 Å². The molecule has 4 rings (SSSR count). The van der Waals surface area contributed by atoms with Crippen LogP contribution in [0.4, 0.5) is 0 Å². The van der Waals surface area contributed by atoms with E-state index in [2.05, 4.69) is 50.2 Å². The van der Waals surface area contributed by atoms with Gasteiger partial charge in [-0.25, -0.2) is 0 Å². The summed E-state index contributed by atoms with van der Waals surface area (Å²) < 4.78 is 26.3. The van der Waals surface area contributed by atoms with E-state index < -0.39 is 11.2 Å². The molecule has 7 heteroatoms. The normalized spacial score (nSPS) is 46.8. The van der Waals surface area contributed by atoms with E-state index in [4.69, 9.17) is 18.9 Å². The third-order valence-electron chi connectivity index (χ3n) is 9.75. The average molecular weight is 588 g/mol. The predicted molar refractivity (Wildman–Crippen MR) is 149 cm³/mol. The molecule has 9 atom stereocenters. The van der Waals surface area contributed by atoms with Crippen molar-refractivity contribution in [2.45, 2.75) is 176 Å². The Morgan fingerprint density at radius 3 is 2.22 bits per heavy atom. The molecule has 4 heterocycles. The second-order valence-corrected chi connectivity index (χ2v) is 15.1. The molecule has 0 aromatic rings. The molecule has 0 bridgehead atoms. The van der Waals surface area contributed by atoms with Crippen LogP contribution in [0.2, 0.25) is 0 Å². The highest BCUT2D eigenvalue weighted by Crippen LogP contribution is 2.48. The van der Waals surface area contributed by atoms with E-state index in [0.717, 1.165) is 50.5 Å². The first-order valence-electron chi connectivity index (χ1n) is 14.4. The van der Waals surface area contributed by atoms with Crippen LogP contribution in [0, 0.1) is 0 Å². The highest BCUT2D eigenvalue weighted by atomic mass is 79.9. The molecule has 0 aromatic heterocycles. The van der Waals surface area contributed by atoms with E-state index in [-0.39, 0.29) is 47.3 Å². The molecule has 0 saturated carbocycles. The molecule has 214 valence electrons. The van der Waals surface area contributed by atoms with Gasteiger partial charge in [0.25, 0.3) is 0 Å². The van der Waals surface area contributed by atoms with Crippen LogP contribution < -0.4 is 0 Å². The minimum atomic E-state index is -0.925.